The van der Waals surface area contributed by atoms with Crippen molar-refractivity contribution in [3.8, 4) is 0 Å². The lowest BCUT2D eigenvalue weighted by Crippen LogP contribution is -2.33. The number of amides is 2. The molecule has 2 aromatic rings. The highest BCUT2D eigenvalue weighted by Gasteiger charge is 2.37. The van der Waals surface area contributed by atoms with Crippen molar-refractivity contribution in [3.05, 3.63) is 40.1 Å². The molecule has 2 heterocycles. The van der Waals surface area contributed by atoms with Gasteiger partial charge in [0.1, 0.15) is 18.8 Å². The van der Waals surface area contributed by atoms with Crippen LogP contribution in [-0.4, -0.2) is 78.2 Å². The number of fused-ring (bicyclic) bond motifs is 1. The molecule has 1 saturated heterocycles. The minimum Gasteiger partial charge on any atom is -0.468 e. The highest BCUT2D eigenvalue weighted by Crippen LogP contribution is 2.29. The average molecular weight is 523 g/mol. The Labute approximate surface area is 199 Å². The maximum Gasteiger partial charge on any atom is 0.325 e. The van der Waals surface area contributed by atoms with Gasteiger partial charge < -0.3 is 24.3 Å². The molecule has 1 aliphatic rings. The molecule has 0 spiro atoms. The number of carbonyl (C=O) groups is 3. The van der Waals surface area contributed by atoms with Crippen LogP contribution in [0.3, 0.4) is 0 Å². The van der Waals surface area contributed by atoms with E-state index in [-0.39, 0.29) is 35.7 Å². The summed E-state index contributed by atoms with van der Waals surface area (Å²) in [6, 6.07) is 5.68. The molecule has 0 bridgehead atoms. The summed E-state index contributed by atoms with van der Waals surface area (Å²) >= 11 is 8.81. The van der Waals surface area contributed by atoms with E-state index in [9.17, 15) is 14.4 Å². The van der Waals surface area contributed by atoms with E-state index in [2.05, 4.69) is 21.2 Å². The van der Waals surface area contributed by atoms with Gasteiger partial charge in [0.2, 0.25) is 5.91 Å². The second kappa shape index (κ2) is 10.2. The molecule has 1 fully saturated rings. The predicted octanol–water partition coefficient (Wildman–Crippen LogP) is 1.74. The first kappa shape index (κ1) is 23.9. The first-order chi connectivity index (χ1) is 15.3. The lowest BCUT2D eigenvalue weighted by atomic mass is 10.1. The van der Waals surface area contributed by atoms with Gasteiger partial charge in [-0.1, -0.05) is 15.9 Å². The number of methoxy groups -OCH3 is 2. The molecule has 0 atom stereocenters. The molecule has 0 saturated carbocycles. The standard InChI is InChI=1S/C21H23BrN4O5S/c1-24-20(29)17(26(21(24)32)12-19(28)31-3)8-13-10-25(11-18(27)23-6-7-30-2)16-5-4-14(22)9-15(13)16/h4-5,8-10H,6-7,11-12H2,1-3H3,(H,23,27)/b17-8-. The van der Waals surface area contributed by atoms with E-state index in [0.717, 1.165) is 15.4 Å². The van der Waals surface area contributed by atoms with Crippen molar-refractivity contribution in [1.29, 1.82) is 0 Å². The lowest BCUT2D eigenvalue weighted by Gasteiger charge is -2.16. The predicted molar refractivity (Wildman–Crippen MR) is 127 cm³/mol. The fourth-order valence-corrected chi connectivity index (χ4v) is 3.94. The van der Waals surface area contributed by atoms with Crippen LogP contribution in [0.25, 0.3) is 17.0 Å². The number of esters is 1. The number of carbonyl (C=O) groups excluding carboxylic acids is 3. The van der Waals surface area contributed by atoms with E-state index in [0.29, 0.717) is 18.7 Å². The Bertz CT molecular complexity index is 1110. The molecule has 0 unspecified atom stereocenters. The number of hydrogen-bond acceptors (Lipinski definition) is 6. The van der Waals surface area contributed by atoms with Crippen LogP contribution in [0.2, 0.25) is 0 Å². The van der Waals surface area contributed by atoms with Gasteiger partial charge in [-0.3, -0.25) is 19.3 Å². The number of thiocarbonyl (C=S) groups is 1. The number of hydrogen-bond donors (Lipinski definition) is 1. The second-order valence-corrected chi connectivity index (χ2v) is 8.34. The highest BCUT2D eigenvalue weighted by atomic mass is 79.9. The van der Waals surface area contributed by atoms with Crippen molar-refractivity contribution in [2.24, 2.45) is 0 Å². The minimum absolute atomic E-state index is 0.100. The van der Waals surface area contributed by atoms with Crippen LogP contribution in [-0.2, 0) is 30.4 Å². The smallest absolute Gasteiger partial charge is 0.325 e. The molecule has 3 rings (SSSR count). The summed E-state index contributed by atoms with van der Waals surface area (Å²) in [6.45, 7) is 0.760. The molecule has 170 valence electrons. The van der Waals surface area contributed by atoms with Crippen molar-refractivity contribution in [2.75, 3.05) is 41.0 Å². The number of aromatic nitrogens is 1. The summed E-state index contributed by atoms with van der Waals surface area (Å²) in [6.07, 6.45) is 3.47. The summed E-state index contributed by atoms with van der Waals surface area (Å²) in [5.74, 6) is -1.00. The number of benzene rings is 1. The van der Waals surface area contributed by atoms with Crippen LogP contribution in [0.15, 0.2) is 34.6 Å². The van der Waals surface area contributed by atoms with Crippen molar-refractivity contribution in [1.82, 2.24) is 19.7 Å². The molecular weight excluding hydrogens is 500 g/mol. The molecule has 9 nitrogen and oxygen atoms in total. The van der Waals surface area contributed by atoms with Crippen LogP contribution in [0, 0.1) is 0 Å². The van der Waals surface area contributed by atoms with E-state index >= 15 is 0 Å². The number of halogens is 1. The molecule has 2 amide bonds. The van der Waals surface area contributed by atoms with Crippen LogP contribution in [0.5, 0.6) is 0 Å². The van der Waals surface area contributed by atoms with Gasteiger partial charge in [0.25, 0.3) is 5.91 Å². The molecule has 1 N–H and O–H groups in total. The number of nitrogens with zero attached hydrogens (tertiary/aromatic N) is 3. The van der Waals surface area contributed by atoms with Gasteiger partial charge in [-0.05, 0) is 36.5 Å². The zero-order chi connectivity index (χ0) is 23.4. The van der Waals surface area contributed by atoms with E-state index in [1.54, 1.807) is 26.4 Å². The Balaban J connectivity index is 2.01. The average Bonchev–Trinajstić information content (AvgIpc) is 3.19. The van der Waals surface area contributed by atoms with Gasteiger partial charge in [0, 0.05) is 47.8 Å². The van der Waals surface area contributed by atoms with Gasteiger partial charge in [0.15, 0.2) is 5.11 Å². The third-order valence-corrected chi connectivity index (χ3v) is 5.94. The van der Waals surface area contributed by atoms with E-state index < -0.39 is 5.97 Å². The SMILES string of the molecule is COCCNC(=O)Cn1cc(/C=C2/C(=O)N(C)C(=S)N2CC(=O)OC)c2cc(Br)ccc21. The van der Waals surface area contributed by atoms with Crippen LogP contribution in [0.1, 0.15) is 5.56 Å². The second-order valence-electron chi connectivity index (χ2n) is 7.06. The third kappa shape index (κ3) is 5.00. The van der Waals surface area contributed by atoms with Gasteiger partial charge >= 0.3 is 5.97 Å². The molecule has 11 heteroatoms. The summed E-state index contributed by atoms with van der Waals surface area (Å²) in [5, 5.41) is 3.85. The monoisotopic (exact) mass is 522 g/mol. The fourth-order valence-electron chi connectivity index (χ4n) is 3.34. The number of rotatable bonds is 8. The fraction of sp³-hybridized carbons (Fsp3) is 0.333. The molecule has 1 aromatic heterocycles. The van der Waals surface area contributed by atoms with Crippen LogP contribution < -0.4 is 5.32 Å². The number of ether oxygens (including phenoxy) is 2. The number of nitrogens with one attached hydrogen (secondary N) is 1. The van der Waals surface area contributed by atoms with Crippen molar-refractivity contribution in [2.45, 2.75) is 6.54 Å². The van der Waals surface area contributed by atoms with Crippen molar-refractivity contribution >= 4 is 68.0 Å². The maximum absolute atomic E-state index is 12.8. The Hall–Kier alpha value is -2.76. The van der Waals surface area contributed by atoms with Crippen LogP contribution in [0.4, 0.5) is 0 Å². The molecule has 1 aliphatic heterocycles. The Kier molecular flexibility index (Phi) is 7.64. The summed E-state index contributed by atoms with van der Waals surface area (Å²) in [5.41, 5.74) is 1.79. The molecule has 0 radical (unpaired) electrons. The lowest BCUT2D eigenvalue weighted by molar-refractivity contribution is -0.140. The summed E-state index contributed by atoms with van der Waals surface area (Å²) in [4.78, 5) is 39.8. The maximum atomic E-state index is 12.8. The van der Waals surface area contributed by atoms with Crippen LogP contribution >= 0.6 is 28.1 Å². The highest BCUT2D eigenvalue weighted by molar-refractivity contribution is 9.10. The number of likely N-dealkylation sites (N-methyl/N-ethyl adjacent to an activating group) is 1. The minimum atomic E-state index is -0.515. The molecule has 1 aromatic carbocycles. The molecule has 0 aliphatic carbocycles. The Morgan fingerprint density at radius 2 is 2.00 bits per heavy atom. The van der Waals surface area contributed by atoms with Gasteiger partial charge in [-0.25, -0.2) is 0 Å². The topological polar surface area (TPSA) is 93.1 Å². The zero-order valence-corrected chi connectivity index (χ0v) is 20.3. The zero-order valence-electron chi connectivity index (χ0n) is 17.9. The largest absolute Gasteiger partial charge is 0.468 e. The Morgan fingerprint density at radius 3 is 2.69 bits per heavy atom. The first-order valence-electron chi connectivity index (χ1n) is 9.69. The van der Waals surface area contributed by atoms with Gasteiger partial charge in [0.05, 0.1) is 13.7 Å². The summed E-state index contributed by atoms with van der Waals surface area (Å²) < 4.78 is 12.4. The van der Waals surface area contributed by atoms with E-state index in [4.69, 9.17) is 21.7 Å². The normalized spacial score (nSPS) is 15.2. The van der Waals surface area contributed by atoms with Crippen molar-refractivity contribution < 1.29 is 23.9 Å². The van der Waals surface area contributed by atoms with Crippen molar-refractivity contribution in [3.63, 3.8) is 0 Å². The third-order valence-electron chi connectivity index (χ3n) is 4.96. The Morgan fingerprint density at radius 1 is 1.25 bits per heavy atom. The molecular formula is C21H23BrN4O5S. The molecule has 32 heavy (non-hydrogen) atoms. The van der Waals surface area contributed by atoms with E-state index in [1.165, 1.54) is 16.9 Å². The van der Waals surface area contributed by atoms with E-state index in [1.807, 2.05) is 22.8 Å². The van der Waals surface area contributed by atoms with Gasteiger partial charge in [-0.2, -0.15) is 0 Å². The summed E-state index contributed by atoms with van der Waals surface area (Å²) in [7, 11) is 4.40. The quantitative estimate of drug-likeness (QED) is 0.244. The first-order valence-corrected chi connectivity index (χ1v) is 10.9. The van der Waals surface area contributed by atoms with Gasteiger partial charge in [-0.15, -0.1) is 0 Å².